The molecule has 0 radical (unpaired) electrons. The summed E-state index contributed by atoms with van der Waals surface area (Å²) in [5.74, 6) is -0.648. The number of rotatable bonds is 10. The van der Waals surface area contributed by atoms with Crippen molar-refractivity contribution in [2.45, 2.75) is 52.0 Å². The van der Waals surface area contributed by atoms with Crippen molar-refractivity contribution in [3.05, 3.63) is 71.8 Å². The summed E-state index contributed by atoms with van der Waals surface area (Å²) in [6.45, 7) is 11.9. The van der Waals surface area contributed by atoms with Crippen LogP contribution >= 0.6 is 31.9 Å². The van der Waals surface area contributed by atoms with E-state index in [4.69, 9.17) is 9.47 Å². The Bertz CT molecular complexity index is 1010. The average molecular weight is 717 g/mol. The van der Waals surface area contributed by atoms with Gasteiger partial charge in [-0.2, -0.15) is 0 Å². The molecule has 8 nitrogen and oxygen atoms in total. The van der Waals surface area contributed by atoms with Crippen molar-refractivity contribution in [1.29, 1.82) is 0 Å². The van der Waals surface area contributed by atoms with E-state index in [0.29, 0.717) is 30.4 Å². The molecule has 1 fully saturated rings. The molecule has 0 amide bonds. The van der Waals surface area contributed by atoms with Crippen LogP contribution in [-0.4, -0.2) is 84.3 Å². The minimum Gasteiger partial charge on any atom is -0.469 e. The van der Waals surface area contributed by atoms with E-state index in [1.165, 1.54) is 25.3 Å². The molecule has 0 aromatic heterocycles. The maximum Gasteiger partial charge on any atom is 0.312 e. The zero-order valence-electron chi connectivity index (χ0n) is 25.8. The van der Waals surface area contributed by atoms with Gasteiger partial charge in [0.2, 0.25) is 0 Å². The number of alkyl halides is 2. The topological polar surface area (TPSA) is 97.3 Å². The third-order valence-electron chi connectivity index (χ3n) is 6.18. The van der Waals surface area contributed by atoms with Crippen LogP contribution in [-0.2, 0) is 36.9 Å². The van der Waals surface area contributed by atoms with Gasteiger partial charge in [-0.1, -0.05) is 92.5 Å². The summed E-state index contributed by atoms with van der Waals surface area (Å²) in [5.41, 5.74) is 1.60. The fourth-order valence-electron chi connectivity index (χ4n) is 4.05. The molecular formula is C32H48Br2N2O6. The first-order valence-electron chi connectivity index (χ1n) is 14.0. The summed E-state index contributed by atoms with van der Waals surface area (Å²) in [4.78, 5) is 24.8. The first-order valence-corrected chi connectivity index (χ1v) is 16.2. The Morgan fingerprint density at radius 2 is 1.57 bits per heavy atom. The van der Waals surface area contributed by atoms with Crippen LogP contribution in [0, 0.1) is 11.8 Å². The molecule has 0 bridgehead atoms. The number of methoxy groups -OCH3 is 2. The molecule has 236 valence electrons. The lowest BCUT2D eigenvalue weighted by Crippen LogP contribution is -2.38. The molecule has 0 saturated carbocycles. The molecule has 2 aromatic rings. The van der Waals surface area contributed by atoms with Gasteiger partial charge in [-0.3, -0.25) is 14.5 Å². The summed E-state index contributed by atoms with van der Waals surface area (Å²) < 4.78 is 15.2. The van der Waals surface area contributed by atoms with Gasteiger partial charge in [0.1, 0.15) is 0 Å². The number of carbonyl (C=O) groups excluding carboxylic acids is 2. The second-order valence-electron chi connectivity index (χ2n) is 11.4. The minimum absolute atomic E-state index is 0.0602. The average Bonchev–Trinajstić information content (AvgIpc) is 3.11. The summed E-state index contributed by atoms with van der Waals surface area (Å²) in [6, 6.07) is 20.4. The fourth-order valence-corrected chi connectivity index (χ4v) is 5.65. The molecule has 1 aliphatic rings. The van der Waals surface area contributed by atoms with Gasteiger partial charge < -0.3 is 24.6 Å². The molecule has 42 heavy (non-hydrogen) atoms. The van der Waals surface area contributed by atoms with Crippen molar-refractivity contribution in [1.82, 2.24) is 10.2 Å². The molecule has 3 rings (SSSR count). The van der Waals surface area contributed by atoms with E-state index in [-0.39, 0.29) is 29.4 Å². The Labute approximate surface area is 268 Å². The Kier molecular flexibility index (Phi) is 18.4. The predicted molar refractivity (Wildman–Crippen MR) is 175 cm³/mol. The number of hydrogen-bond donors (Lipinski definition) is 2. The fraction of sp³-hybridized carbons (Fsp3) is 0.562. The highest BCUT2D eigenvalue weighted by atomic mass is 79.9. The molecule has 2 N–H and O–H groups in total. The normalized spacial score (nSPS) is 16.7. The van der Waals surface area contributed by atoms with Gasteiger partial charge in [0.15, 0.2) is 0 Å². The van der Waals surface area contributed by atoms with E-state index in [2.05, 4.69) is 84.9 Å². The molecule has 1 atom stereocenters. The first kappa shape index (κ1) is 38.2. The van der Waals surface area contributed by atoms with Gasteiger partial charge in [0, 0.05) is 43.4 Å². The quantitative estimate of drug-likeness (QED) is 0.256. The standard InChI is InChI=1S/C16H23NO3.C11H17NO.C5H8Br2O2/c1-16(2)12-17(9-13-7-5-4-6-8-13)10-14(11-20-16)15(18)19-3;1-11(2,13)9-12-8-10-6-4-3-5-7-10;1-9-5(8)4(2-6)3-7/h4-8,14H,9-12H2,1-3H3;3-7,12-13H,8-9H2,1-2H3;4H,2-3H2,1H3. The number of hydrogen-bond acceptors (Lipinski definition) is 8. The van der Waals surface area contributed by atoms with Crippen molar-refractivity contribution in [3.63, 3.8) is 0 Å². The molecule has 0 aliphatic carbocycles. The highest BCUT2D eigenvalue weighted by Gasteiger charge is 2.33. The van der Waals surface area contributed by atoms with Crippen molar-refractivity contribution >= 4 is 43.8 Å². The number of nitrogens with zero attached hydrogens (tertiary/aromatic N) is 1. The first-order chi connectivity index (χ1) is 19.8. The number of halogens is 2. The van der Waals surface area contributed by atoms with E-state index in [1.54, 1.807) is 13.8 Å². The lowest BCUT2D eigenvalue weighted by Gasteiger charge is -2.29. The van der Waals surface area contributed by atoms with Crippen LogP contribution in [0.5, 0.6) is 0 Å². The number of ether oxygens (including phenoxy) is 3. The lowest BCUT2D eigenvalue weighted by molar-refractivity contribution is -0.148. The largest absolute Gasteiger partial charge is 0.469 e. The Balaban J connectivity index is 0.000000346. The number of nitrogens with one attached hydrogen (secondary N) is 1. The maximum atomic E-state index is 11.8. The van der Waals surface area contributed by atoms with Crippen molar-refractivity contribution in [2.24, 2.45) is 11.8 Å². The highest BCUT2D eigenvalue weighted by Crippen LogP contribution is 2.21. The van der Waals surface area contributed by atoms with Crippen LogP contribution in [0.4, 0.5) is 0 Å². The third kappa shape index (κ3) is 16.7. The molecule has 10 heteroatoms. The van der Waals surface area contributed by atoms with Crippen molar-refractivity contribution < 1.29 is 28.9 Å². The Hall–Kier alpha value is -1.82. The van der Waals surface area contributed by atoms with Gasteiger partial charge in [-0.15, -0.1) is 0 Å². The molecule has 1 unspecified atom stereocenters. The van der Waals surface area contributed by atoms with Gasteiger partial charge >= 0.3 is 11.9 Å². The molecule has 1 aliphatic heterocycles. The predicted octanol–water partition coefficient (Wildman–Crippen LogP) is 5.20. The smallest absolute Gasteiger partial charge is 0.312 e. The third-order valence-corrected chi connectivity index (χ3v) is 7.74. The van der Waals surface area contributed by atoms with E-state index < -0.39 is 5.60 Å². The van der Waals surface area contributed by atoms with Gasteiger partial charge in [0.05, 0.1) is 43.9 Å². The summed E-state index contributed by atoms with van der Waals surface area (Å²) in [5, 5.41) is 13.9. The minimum atomic E-state index is -0.630. The zero-order valence-corrected chi connectivity index (χ0v) is 28.9. The number of carbonyl (C=O) groups is 2. The second-order valence-corrected chi connectivity index (χ2v) is 12.7. The van der Waals surface area contributed by atoms with Crippen LogP contribution in [0.3, 0.4) is 0 Å². The van der Waals surface area contributed by atoms with Crippen LogP contribution in [0.15, 0.2) is 60.7 Å². The van der Waals surface area contributed by atoms with Crippen molar-refractivity contribution in [2.75, 3.05) is 51.1 Å². The molecular weight excluding hydrogens is 668 g/mol. The van der Waals surface area contributed by atoms with E-state index >= 15 is 0 Å². The number of esters is 2. The SMILES string of the molecule is CC(C)(O)CNCc1ccccc1.COC(=O)C(CBr)CBr.COC(=O)C1COC(C)(C)CN(Cc2ccccc2)C1. The van der Waals surface area contributed by atoms with Gasteiger partial charge in [0.25, 0.3) is 0 Å². The molecule has 1 saturated heterocycles. The molecule has 2 aromatic carbocycles. The summed E-state index contributed by atoms with van der Waals surface area (Å²) in [7, 11) is 2.82. The van der Waals surface area contributed by atoms with Crippen LogP contribution < -0.4 is 5.32 Å². The summed E-state index contributed by atoms with van der Waals surface area (Å²) >= 11 is 6.37. The molecule has 0 spiro atoms. The Morgan fingerprint density at radius 1 is 1.02 bits per heavy atom. The van der Waals surface area contributed by atoms with Crippen LogP contribution in [0.2, 0.25) is 0 Å². The second kappa shape index (κ2) is 20.2. The van der Waals surface area contributed by atoms with Gasteiger partial charge in [-0.05, 0) is 38.8 Å². The van der Waals surface area contributed by atoms with Crippen molar-refractivity contribution in [3.8, 4) is 0 Å². The van der Waals surface area contributed by atoms with Crippen LogP contribution in [0.1, 0.15) is 38.8 Å². The highest BCUT2D eigenvalue weighted by molar-refractivity contribution is 9.09. The Morgan fingerprint density at radius 3 is 2.02 bits per heavy atom. The van der Waals surface area contributed by atoms with Crippen LogP contribution in [0.25, 0.3) is 0 Å². The number of aliphatic hydroxyl groups is 1. The van der Waals surface area contributed by atoms with E-state index in [0.717, 1.165) is 19.6 Å². The van der Waals surface area contributed by atoms with E-state index in [9.17, 15) is 14.7 Å². The lowest BCUT2D eigenvalue weighted by atomic mass is 10.1. The zero-order chi connectivity index (χ0) is 31.6. The van der Waals surface area contributed by atoms with Gasteiger partial charge in [-0.25, -0.2) is 0 Å². The monoisotopic (exact) mass is 714 g/mol. The maximum absolute atomic E-state index is 11.8. The molecule has 1 heterocycles. The summed E-state index contributed by atoms with van der Waals surface area (Å²) in [6.07, 6.45) is 0. The van der Waals surface area contributed by atoms with E-state index in [1.807, 2.05) is 36.4 Å². The number of benzene rings is 2.